The predicted octanol–water partition coefficient (Wildman–Crippen LogP) is 4.60. The molecule has 2 rings (SSSR count). The van der Waals surface area contributed by atoms with E-state index >= 15 is 0 Å². The quantitative estimate of drug-likeness (QED) is 0.754. The Morgan fingerprint density at radius 2 is 1.86 bits per heavy atom. The van der Waals surface area contributed by atoms with Crippen LogP contribution in [0.2, 0.25) is 10.0 Å². The Morgan fingerprint density at radius 3 is 2.52 bits per heavy atom. The number of rotatable bonds is 5. The summed E-state index contributed by atoms with van der Waals surface area (Å²) in [7, 11) is 0. The van der Waals surface area contributed by atoms with Gasteiger partial charge in [-0.1, -0.05) is 47.5 Å². The van der Waals surface area contributed by atoms with Crippen molar-refractivity contribution in [1.82, 2.24) is 0 Å². The molecule has 0 amide bonds. The number of esters is 1. The van der Waals surface area contributed by atoms with Gasteiger partial charge in [0.1, 0.15) is 5.75 Å². The Kier molecular flexibility index (Phi) is 5.48. The minimum atomic E-state index is -0.427. The average Bonchev–Trinajstić information content (AvgIpc) is 2.47. The summed E-state index contributed by atoms with van der Waals surface area (Å²) < 4.78 is 10.1. The van der Waals surface area contributed by atoms with Gasteiger partial charge in [0.15, 0.2) is 6.61 Å². The van der Waals surface area contributed by atoms with Crippen LogP contribution in [0.3, 0.4) is 0 Å². The first-order valence-corrected chi connectivity index (χ1v) is 7.20. The molecule has 2 aromatic carbocycles. The minimum Gasteiger partial charge on any atom is -0.480 e. The molecule has 110 valence electrons. The Balaban J connectivity index is 2.15. The summed E-state index contributed by atoms with van der Waals surface area (Å²) in [6.07, 6.45) is 0. The highest BCUT2D eigenvalue weighted by Crippen LogP contribution is 2.33. The molecule has 0 bridgehead atoms. The number of halogens is 2. The minimum absolute atomic E-state index is 0.168. The molecule has 0 saturated carbocycles. The van der Waals surface area contributed by atoms with E-state index in [1.165, 1.54) is 0 Å². The lowest BCUT2D eigenvalue weighted by Crippen LogP contribution is -2.14. The van der Waals surface area contributed by atoms with E-state index in [1.807, 2.05) is 30.3 Å². The van der Waals surface area contributed by atoms with E-state index in [9.17, 15) is 4.79 Å². The number of carbonyl (C=O) groups excluding carboxylic acids is 1. The molecular formula is C16H14Cl2O3. The van der Waals surface area contributed by atoms with Crippen LogP contribution < -0.4 is 4.74 Å². The largest absolute Gasteiger partial charge is 0.480 e. The van der Waals surface area contributed by atoms with Gasteiger partial charge in [0.2, 0.25) is 0 Å². The molecule has 21 heavy (non-hydrogen) atoms. The van der Waals surface area contributed by atoms with Crippen LogP contribution in [0.4, 0.5) is 0 Å². The number of hydrogen-bond acceptors (Lipinski definition) is 3. The van der Waals surface area contributed by atoms with Gasteiger partial charge in [-0.15, -0.1) is 0 Å². The van der Waals surface area contributed by atoms with Gasteiger partial charge in [0.25, 0.3) is 0 Å². The van der Waals surface area contributed by atoms with Crippen LogP contribution in [0, 0.1) is 0 Å². The van der Waals surface area contributed by atoms with Crippen molar-refractivity contribution in [3.63, 3.8) is 0 Å². The lowest BCUT2D eigenvalue weighted by molar-refractivity contribution is -0.145. The van der Waals surface area contributed by atoms with Gasteiger partial charge < -0.3 is 9.47 Å². The van der Waals surface area contributed by atoms with Crippen LogP contribution in [0.25, 0.3) is 11.1 Å². The van der Waals surface area contributed by atoms with Crippen LogP contribution in [0.1, 0.15) is 6.92 Å². The summed E-state index contributed by atoms with van der Waals surface area (Å²) in [5.74, 6) is 0.00395. The number of hydrogen-bond donors (Lipinski definition) is 0. The summed E-state index contributed by atoms with van der Waals surface area (Å²) in [4.78, 5) is 11.3. The van der Waals surface area contributed by atoms with E-state index in [0.717, 1.165) is 11.1 Å². The molecule has 5 heteroatoms. The summed E-state index contributed by atoms with van der Waals surface area (Å²) in [6, 6.07) is 12.8. The molecule has 2 aromatic rings. The molecule has 0 unspecified atom stereocenters. The highest BCUT2D eigenvalue weighted by atomic mass is 35.5. The van der Waals surface area contributed by atoms with Gasteiger partial charge in [-0.05, 0) is 30.7 Å². The fraction of sp³-hybridized carbons (Fsp3) is 0.188. The topological polar surface area (TPSA) is 35.5 Å². The van der Waals surface area contributed by atoms with Gasteiger partial charge in [-0.25, -0.2) is 4.79 Å². The number of benzene rings is 2. The second kappa shape index (κ2) is 7.34. The van der Waals surface area contributed by atoms with Gasteiger partial charge in [-0.2, -0.15) is 0 Å². The van der Waals surface area contributed by atoms with Crippen molar-refractivity contribution in [2.45, 2.75) is 6.92 Å². The normalized spacial score (nSPS) is 10.2. The second-order valence-corrected chi connectivity index (χ2v) is 5.03. The smallest absolute Gasteiger partial charge is 0.344 e. The average molecular weight is 325 g/mol. The molecule has 0 saturated heterocycles. The van der Waals surface area contributed by atoms with Crippen molar-refractivity contribution in [2.24, 2.45) is 0 Å². The van der Waals surface area contributed by atoms with Crippen molar-refractivity contribution < 1.29 is 14.3 Å². The molecular weight excluding hydrogens is 311 g/mol. The maximum atomic E-state index is 11.3. The van der Waals surface area contributed by atoms with Gasteiger partial charge in [0, 0.05) is 10.6 Å². The van der Waals surface area contributed by atoms with E-state index < -0.39 is 5.97 Å². The third-order valence-corrected chi connectivity index (χ3v) is 3.39. The lowest BCUT2D eigenvalue weighted by Gasteiger charge is -2.10. The molecule has 0 aromatic heterocycles. The van der Waals surface area contributed by atoms with E-state index in [0.29, 0.717) is 22.4 Å². The number of ether oxygens (including phenoxy) is 2. The first-order chi connectivity index (χ1) is 10.1. The molecule has 3 nitrogen and oxygen atoms in total. The number of carbonyl (C=O) groups is 1. The molecule has 0 spiro atoms. The highest BCUT2D eigenvalue weighted by Gasteiger charge is 2.09. The maximum Gasteiger partial charge on any atom is 0.344 e. The molecule has 0 N–H and O–H groups in total. The Hall–Kier alpha value is -1.71. The third-order valence-electron chi connectivity index (χ3n) is 2.77. The standard InChI is InChI=1S/C16H14Cl2O3/c1-2-20-16(19)10-21-15-8-7-11(9-14(15)18)12-5-3-4-6-13(12)17/h3-9H,2,10H2,1H3. The molecule has 0 aliphatic carbocycles. The molecule has 0 aliphatic heterocycles. The van der Waals surface area contributed by atoms with Crippen molar-refractivity contribution in [3.8, 4) is 16.9 Å². The summed E-state index contributed by atoms with van der Waals surface area (Å²) in [6.45, 7) is 1.89. The van der Waals surface area contributed by atoms with Crippen LogP contribution in [0.15, 0.2) is 42.5 Å². The molecule has 0 aliphatic rings. The van der Waals surface area contributed by atoms with Crippen molar-refractivity contribution >= 4 is 29.2 Å². The predicted molar refractivity (Wildman–Crippen MR) is 84.0 cm³/mol. The Morgan fingerprint density at radius 1 is 1.10 bits per heavy atom. The van der Waals surface area contributed by atoms with Crippen molar-refractivity contribution in [3.05, 3.63) is 52.5 Å². The lowest BCUT2D eigenvalue weighted by atomic mass is 10.1. The summed E-state index contributed by atoms with van der Waals surface area (Å²) in [5, 5.41) is 1.06. The summed E-state index contributed by atoms with van der Waals surface area (Å²) in [5.41, 5.74) is 1.77. The maximum absolute atomic E-state index is 11.3. The SMILES string of the molecule is CCOC(=O)COc1ccc(-c2ccccc2Cl)cc1Cl. The molecule has 0 atom stereocenters. The zero-order chi connectivity index (χ0) is 15.2. The van der Waals surface area contributed by atoms with Gasteiger partial charge >= 0.3 is 5.97 Å². The van der Waals surface area contributed by atoms with Crippen LogP contribution in [-0.2, 0) is 9.53 Å². The first-order valence-electron chi connectivity index (χ1n) is 6.44. The summed E-state index contributed by atoms with van der Waals surface area (Å²) >= 11 is 12.3. The Bertz CT molecular complexity index is 641. The third kappa shape index (κ3) is 4.13. The molecule has 0 fully saturated rings. The van der Waals surface area contributed by atoms with Crippen molar-refractivity contribution in [2.75, 3.05) is 13.2 Å². The van der Waals surface area contributed by atoms with Crippen LogP contribution >= 0.6 is 23.2 Å². The zero-order valence-corrected chi connectivity index (χ0v) is 12.9. The Labute approximate surface area is 133 Å². The van der Waals surface area contributed by atoms with E-state index in [1.54, 1.807) is 19.1 Å². The van der Waals surface area contributed by atoms with Crippen LogP contribution in [-0.4, -0.2) is 19.2 Å². The molecule has 0 heterocycles. The zero-order valence-electron chi connectivity index (χ0n) is 11.4. The second-order valence-electron chi connectivity index (χ2n) is 4.22. The highest BCUT2D eigenvalue weighted by molar-refractivity contribution is 6.34. The van der Waals surface area contributed by atoms with E-state index in [4.69, 9.17) is 32.7 Å². The van der Waals surface area contributed by atoms with Crippen LogP contribution in [0.5, 0.6) is 5.75 Å². The van der Waals surface area contributed by atoms with Gasteiger partial charge in [-0.3, -0.25) is 0 Å². The first kappa shape index (κ1) is 15.7. The monoisotopic (exact) mass is 324 g/mol. The fourth-order valence-electron chi connectivity index (χ4n) is 1.82. The van der Waals surface area contributed by atoms with Crippen molar-refractivity contribution in [1.29, 1.82) is 0 Å². The fourth-order valence-corrected chi connectivity index (χ4v) is 2.30. The van der Waals surface area contributed by atoms with Gasteiger partial charge in [0.05, 0.1) is 11.6 Å². The van der Waals surface area contributed by atoms with E-state index in [-0.39, 0.29) is 6.61 Å². The van der Waals surface area contributed by atoms with E-state index in [2.05, 4.69) is 0 Å². The molecule has 0 radical (unpaired) electrons.